The van der Waals surface area contributed by atoms with Crippen molar-refractivity contribution in [3.63, 3.8) is 0 Å². The molecular formula is C10H9Cl3N2Si. The zero-order chi connectivity index (χ0) is 11.4. The second kappa shape index (κ2) is 2.99. The van der Waals surface area contributed by atoms with E-state index in [4.69, 9.17) is 33.2 Å². The number of aromatic nitrogens is 2. The summed E-state index contributed by atoms with van der Waals surface area (Å²) in [6.45, 7) is 0. The van der Waals surface area contributed by atoms with Gasteiger partial charge in [-0.05, 0) is 0 Å². The van der Waals surface area contributed by atoms with E-state index < -0.39 is 5.60 Å². The van der Waals surface area contributed by atoms with E-state index in [0.29, 0.717) is 0 Å². The van der Waals surface area contributed by atoms with Gasteiger partial charge in [-0.1, -0.05) is 0 Å². The molecule has 0 aromatic carbocycles. The molecule has 0 spiro atoms. The molecule has 6 heteroatoms. The maximum atomic E-state index is 6.52. The number of halogens is 3. The quantitative estimate of drug-likeness (QED) is 0.518. The van der Waals surface area contributed by atoms with Crippen LogP contribution in [0.5, 0.6) is 0 Å². The van der Waals surface area contributed by atoms with Gasteiger partial charge in [-0.2, -0.15) is 0 Å². The Morgan fingerprint density at radius 2 is 1.19 bits per heavy atom. The first kappa shape index (κ1) is 10.5. The van der Waals surface area contributed by atoms with Crippen molar-refractivity contribution in [2.45, 2.75) is 0 Å². The topological polar surface area (TPSA) is 7.76 Å². The Morgan fingerprint density at radius 1 is 0.750 bits per heavy atom. The second-order valence-corrected chi connectivity index (χ2v) is 16.4. The van der Waals surface area contributed by atoms with E-state index in [9.17, 15) is 0 Å². The molecule has 0 bridgehead atoms. The summed E-state index contributed by atoms with van der Waals surface area (Å²) in [6, 6.07) is 11.6. The Hall–Kier alpha value is -0.613. The molecule has 0 saturated carbocycles. The molecule has 2 nitrogen and oxygen atoms in total. The van der Waals surface area contributed by atoms with E-state index in [1.165, 1.54) is 0 Å². The van der Waals surface area contributed by atoms with Gasteiger partial charge in [0.05, 0.1) is 0 Å². The summed E-state index contributed by atoms with van der Waals surface area (Å²) in [5.74, 6) is 0. The van der Waals surface area contributed by atoms with Gasteiger partial charge in [0, 0.05) is 0 Å². The number of pyridine rings is 2. The maximum absolute atomic E-state index is 6.52. The van der Waals surface area contributed by atoms with Gasteiger partial charge in [-0.15, -0.1) is 0 Å². The molecule has 0 radical (unpaired) electrons. The first-order valence-electron chi connectivity index (χ1n) is 4.96. The fourth-order valence-electron chi connectivity index (χ4n) is 2.19. The molecule has 0 atom stereocenters. The summed E-state index contributed by atoms with van der Waals surface area (Å²) < 4.78 is 3.60. The Morgan fingerprint density at radius 3 is 1.62 bits per heavy atom. The van der Waals surface area contributed by atoms with E-state index in [-0.39, 0.29) is 0 Å². The molecule has 2 aromatic rings. The van der Waals surface area contributed by atoms with Crippen LogP contribution >= 0.6 is 33.2 Å². The molecule has 2 aromatic heterocycles. The first-order chi connectivity index (χ1) is 7.49. The van der Waals surface area contributed by atoms with Gasteiger partial charge in [0.25, 0.3) is 0 Å². The molecule has 0 unspecified atom stereocenters. The van der Waals surface area contributed by atoms with Crippen LogP contribution in [0.2, 0.25) is 0 Å². The molecular weight excluding hydrogens is 283 g/mol. The van der Waals surface area contributed by atoms with E-state index >= 15 is 0 Å². The SMILES string of the molecule is Cl[SiH-2]1(Cl)(Cl)[n+]2ccccc2-c2cccc[n+]21. The third-order valence-corrected chi connectivity index (χ3v) is 9.37. The van der Waals surface area contributed by atoms with Crippen molar-refractivity contribution in [1.82, 2.24) is 0 Å². The van der Waals surface area contributed by atoms with Gasteiger partial charge >= 0.3 is 107 Å². The fourth-order valence-corrected chi connectivity index (χ4v) is 7.58. The van der Waals surface area contributed by atoms with Gasteiger partial charge in [-0.25, -0.2) is 0 Å². The van der Waals surface area contributed by atoms with Crippen LogP contribution in [0.15, 0.2) is 48.8 Å². The van der Waals surface area contributed by atoms with E-state index in [2.05, 4.69) is 0 Å². The summed E-state index contributed by atoms with van der Waals surface area (Å²) in [7, 11) is 0. The zero-order valence-corrected chi connectivity index (χ0v) is 11.6. The minimum absolute atomic E-state index is 0.951. The van der Waals surface area contributed by atoms with Crippen molar-refractivity contribution in [1.29, 1.82) is 0 Å². The number of nitrogens with zero attached hydrogens (tertiary/aromatic N) is 2. The molecule has 0 aliphatic carbocycles. The molecule has 0 fully saturated rings. The molecule has 16 heavy (non-hydrogen) atoms. The van der Waals surface area contributed by atoms with Gasteiger partial charge in [0.15, 0.2) is 0 Å². The van der Waals surface area contributed by atoms with Crippen molar-refractivity contribution in [2.24, 2.45) is 0 Å². The van der Waals surface area contributed by atoms with Gasteiger partial charge in [0.2, 0.25) is 0 Å². The van der Waals surface area contributed by atoms with Crippen LogP contribution in [0.1, 0.15) is 0 Å². The average Bonchev–Trinajstić information content (AvgIpc) is 2.47. The molecule has 3 heterocycles. The standard InChI is InChI=1S/C10H9Cl3N2Si/c11-16(12,13)14-7-3-1-5-9(14)10-6-2-4-8-15(10)16/h1-8,16H. The first-order valence-corrected chi connectivity index (χ1v) is 11.2. The van der Waals surface area contributed by atoms with Gasteiger partial charge in [-0.3, -0.25) is 0 Å². The molecule has 0 N–H and O–H groups in total. The molecule has 84 valence electrons. The Kier molecular flexibility index (Phi) is 1.97. The Balaban J connectivity index is 2.50. The van der Waals surface area contributed by atoms with Gasteiger partial charge < -0.3 is 0 Å². The van der Waals surface area contributed by atoms with E-state index in [1.807, 2.05) is 48.8 Å². The van der Waals surface area contributed by atoms with Gasteiger partial charge in [0.1, 0.15) is 0 Å². The van der Waals surface area contributed by atoms with Crippen LogP contribution in [0.4, 0.5) is 0 Å². The fraction of sp³-hybridized carbons (Fsp3) is 0. The van der Waals surface area contributed by atoms with Crippen LogP contribution in [-0.4, -0.2) is 5.60 Å². The summed E-state index contributed by atoms with van der Waals surface area (Å²) in [5, 5.41) is 0. The minimum atomic E-state index is -4.15. The average molecular weight is 292 g/mol. The monoisotopic (exact) mass is 290 g/mol. The Bertz CT molecular complexity index is 542. The predicted molar refractivity (Wildman–Crippen MR) is 67.8 cm³/mol. The van der Waals surface area contributed by atoms with Crippen LogP contribution in [0.3, 0.4) is 0 Å². The van der Waals surface area contributed by atoms with Crippen LogP contribution in [0.25, 0.3) is 11.4 Å². The third kappa shape index (κ3) is 1.20. The number of hydrogen-bond donors (Lipinski definition) is 0. The van der Waals surface area contributed by atoms with Crippen molar-refractivity contribution in [2.75, 3.05) is 0 Å². The third-order valence-electron chi connectivity index (χ3n) is 2.92. The van der Waals surface area contributed by atoms with Crippen molar-refractivity contribution in [3.8, 4) is 11.4 Å². The number of rotatable bonds is 0. The normalized spacial score (nSPS) is 21.6. The number of hydrogen-bond acceptors (Lipinski definition) is 0. The van der Waals surface area contributed by atoms with E-state index in [1.54, 1.807) is 8.47 Å². The molecule has 3 rings (SSSR count). The summed E-state index contributed by atoms with van der Waals surface area (Å²) in [6.07, 6.45) is 3.66. The van der Waals surface area contributed by atoms with Crippen LogP contribution < -0.4 is 8.47 Å². The van der Waals surface area contributed by atoms with Crippen molar-refractivity contribution in [3.05, 3.63) is 48.8 Å². The molecule has 1 aliphatic rings. The molecule has 1 aliphatic heterocycles. The van der Waals surface area contributed by atoms with Crippen LogP contribution in [0, 0.1) is 0 Å². The number of fused-ring (bicyclic) bond motifs is 3. The van der Waals surface area contributed by atoms with Crippen molar-refractivity contribution >= 4 is 38.8 Å². The summed E-state index contributed by atoms with van der Waals surface area (Å²) >= 11 is 19.5. The predicted octanol–water partition coefficient (Wildman–Crippen LogP) is 1.97. The van der Waals surface area contributed by atoms with Crippen molar-refractivity contribution < 1.29 is 8.47 Å². The zero-order valence-electron chi connectivity index (χ0n) is 8.22. The van der Waals surface area contributed by atoms with Crippen LogP contribution in [-0.2, 0) is 0 Å². The summed E-state index contributed by atoms with van der Waals surface area (Å²) in [5.41, 5.74) is -2.24. The molecule has 0 saturated heterocycles. The Labute approximate surface area is 107 Å². The van der Waals surface area contributed by atoms with E-state index in [0.717, 1.165) is 11.4 Å². The second-order valence-electron chi connectivity index (χ2n) is 3.93. The molecule has 0 amide bonds. The summed E-state index contributed by atoms with van der Waals surface area (Å²) in [4.78, 5) is 0.